The van der Waals surface area contributed by atoms with Gasteiger partial charge in [-0.1, -0.05) is 18.2 Å². The normalized spacial score (nSPS) is 14.5. The first kappa shape index (κ1) is 8.62. The lowest BCUT2D eigenvalue weighted by atomic mass is 10.1. The van der Waals surface area contributed by atoms with Crippen LogP contribution >= 0.6 is 0 Å². The molecule has 0 aromatic heterocycles. The molecule has 1 aromatic rings. The van der Waals surface area contributed by atoms with E-state index in [0.717, 1.165) is 4.90 Å². The van der Waals surface area contributed by atoms with E-state index in [9.17, 15) is 9.59 Å². The zero-order valence-corrected chi connectivity index (χ0v) is 7.57. The lowest BCUT2D eigenvalue weighted by molar-refractivity contribution is -0.123. The lowest BCUT2D eigenvalue weighted by Crippen LogP contribution is -2.34. The highest BCUT2D eigenvalue weighted by atomic mass is 16.2. The summed E-state index contributed by atoms with van der Waals surface area (Å²) in [7, 11) is 0. The van der Waals surface area contributed by atoms with E-state index in [4.69, 9.17) is 5.41 Å². The molecule has 1 aliphatic rings. The van der Waals surface area contributed by atoms with Crippen molar-refractivity contribution in [1.82, 2.24) is 4.90 Å². The summed E-state index contributed by atoms with van der Waals surface area (Å²) in [5.41, 5.74) is 0.945. The molecule has 0 aliphatic carbocycles. The predicted octanol–water partition coefficient (Wildman–Crippen LogP) is 1.01. The number of amides is 2. The third-order valence-corrected chi connectivity index (χ3v) is 2.15. The number of nitrogens with zero attached hydrogens (tertiary/aromatic N) is 1. The van der Waals surface area contributed by atoms with Crippen LogP contribution in [0, 0.1) is 5.41 Å². The summed E-state index contributed by atoms with van der Waals surface area (Å²) in [4.78, 5) is 23.6. The predicted molar refractivity (Wildman–Crippen MR) is 50.1 cm³/mol. The second kappa shape index (κ2) is 2.77. The first-order valence-electron chi connectivity index (χ1n) is 4.16. The van der Waals surface area contributed by atoms with E-state index in [-0.39, 0.29) is 5.84 Å². The molecule has 0 fully saturated rings. The summed E-state index contributed by atoms with van der Waals surface area (Å²) in [5, 5.41) is 7.63. The van der Waals surface area contributed by atoms with Crippen LogP contribution in [0.3, 0.4) is 0 Å². The smallest absolute Gasteiger partial charge is 0.267 e. The van der Waals surface area contributed by atoms with Gasteiger partial charge in [0.15, 0.2) is 0 Å². The minimum atomic E-state index is -0.420. The molecule has 4 heteroatoms. The van der Waals surface area contributed by atoms with E-state index in [1.165, 1.54) is 6.92 Å². The fraction of sp³-hybridized carbons (Fsp3) is 0.100. The maximum absolute atomic E-state index is 11.6. The number of nitrogens with one attached hydrogen (secondary N) is 1. The van der Waals surface area contributed by atoms with Crippen molar-refractivity contribution in [2.75, 3.05) is 0 Å². The molecule has 0 bridgehead atoms. The molecule has 0 atom stereocenters. The summed E-state index contributed by atoms with van der Waals surface area (Å²) in [6.07, 6.45) is 0. The van der Waals surface area contributed by atoms with Crippen molar-refractivity contribution in [3.8, 4) is 0 Å². The Balaban J connectivity index is 2.59. The standard InChI is InChI=1S/C10H8N2O2/c1-6(13)12-9(11)7-4-2-3-5-8(7)10(12)14/h2-5,11H,1H3. The third-order valence-electron chi connectivity index (χ3n) is 2.15. The fourth-order valence-corrected chi connectivity index (χ4v) is 1.52. The van der Waals surface area contributed by atoms with Crippen LogP contribution in [0.15, 0.2) is 24.3 Å². The van der Waals surface area contributed by atoms with Crippen LogP contribution in [0.1, 0.15) is 22.8 Å². The Labute approximate surface area is 80.7 Å². The van der Waals surface area contributed by atoms with Gasteiger partial charge in [0, 0.05) is 12.5 Å². The van der Waals surface area contributed by atoms with Crippen LogP contribution in [0.5, 0.6) is 0 Å². The molecular formula is C10H8N2O2. The Bertz CT molecular complexity index is 416. The Morgan fingerprint density at radius 3 is 2.36 bits per heavy atom. The minimum Gasteiger partial charge on any atom is -0.283 e. The third kappa shape index (κ3) is 0.970. The zero-order valence-electron chi connectivity index (χ0n) is 7.57. The number of carbonyl (C=O) groups excluding carboxylic acids is 2. The van der Waals surface area contributed by atoms with Crippen molar-refractivity contribution >= 4 is 17.6 Å². The molecule has 0 saturated carbocycles. The van der Waals surface area contributed by atoms with Crippen LogP contribution in [0.4, 0.5) is 0 Å². The van der Waals surface area contributed by atoms with E-state index >= 15 is 0 Å². The van der Waals surface area contributed by atoms with Gasteiger partial charge in [-0.25, -0.2) is 4.90 Å². The lowest BCUT2D eigenvalue weighted by Gasteiger charge is -2.09. The van der Waals surface area contributed by atoms with Crippen molar-refractivity contribution in [3.63, 3.8) is 0 Å². The van der Waals surface area contributed by atoms with Crippen molar-refractivity contribution in [2.45, 2.75) is 6.92 Å². The highest BCUT2D eigenvalue weighted by Gasteiger charge is 2.34. The molecule has 14 heavy (non-hydrogen) atoms. The second-order valence-electron chi connectivity index (χ2n) is 3.05. The van der Waals surface area contributed by atoms with E-state index in [0.29, 0.717) is 11.1 Å². The number of hydrogen-bond acceptors (Lipinski definition) is 3. The quantitative estimate of drug-likeness (QED) is 0.660. The Hall–Kier alpha value is -1.97. The van der Waals surface area contributed by atoms with Gasteiger partial charge in [-0.2, -0.15) is 0 Å². The summed E-state index contributed by atoms with van der Waals surface area (Å²) < 4.78 is 0. The molecule has 70 valence electrons. The largest absolute Gasteiger partial charge is 0.283 e. The van der Waals surface area contributed by atoms with E-state index in [1.54, 1.807) is 24.3 Å². The number of imide groups is 1. The highest BCUT2D eigenvalue weighted by molar-refractivity contribution is 6.29. The molecule has 2 amide bonds. The average molecular weight is 188 g/mol. The SMILES string of the molecule is CC(=O)N1C(=N)c2ccccc2C1=O. The average Bonchev–Trinajstić information content (AvgIpc) is 2.41. The van der Waals surface area contributed by atoms with E-state index in [2.05, 4.69) is 0 Å². The molecule has 0 unspecified atom stereocenters. The monoisotopic (exact) mass is 188 g/mol. The highest BCUT2D eigenvalue weighted by Crippen LogP contribution is 2.21. The van der Waals surface area contributed by atoms with Crippen LogP contribution < -0.4 is 0 Å². The molecular weight excluding hydrogens is 180 g/mol. The van der Waals surface area contributed by atoms with Gasteiger partial charge in [0.25, 0.3) is 5.91 Å². The van der Waals surface area contributed by atoms with Gasteiger partial charge in [0.2, 0.25) is 5.91 Å². The van der Waals surface area contributed by atoms with Crippen molar-refractivity contribution in [3.05, 3.63) is 35.4 Å². The van der Waals surface area contributed by atoms with Gasteiger partial charge in [-0.05, 0) is 6.07 Å². The minimum absolute atomic E-state index is 0.0295. The van der Waals surface area contributed by atoms with Crippen molar-refractivity contribution in [1.29, 1.82) is 5.41 Å². The van der Waals surface area contributed by atoms with Crippen molar-refractivity contribution in [2.24, 2.45) is 0 Å². The number of hydrogen-bond donors (Lipinski definition) is 1. The van der Waals surface area contributed by atoms with Crippen LogP contribution in [0.2, 0.25) is 0 Å². The molecule has 1 aliphatic heterocycles. The summed E-state index contributed by atoms with van der Waals surface area (Å²) in [5.74, 6) is -0.854. The maximum Gasteiger partial charge on any atom is 0.267 e. The Morgan fingerprint density at radius 1 is 1.29 bits per heavy atom. The maximum atomic E-state index is 11.6. The van der Waals surface area contributed by atoms with Crippen LogP contribution in [-0.4, -0.2) is 22.5 Å². The van der Waals surface area contributed by atoms with Crippen LogP contribution in [0.25, 0.3) is 0 Å². The first-order valence-corrected chi connectivity index (χ1v) is 4.16. The van der Waals surface area contributed by atoms with Gasteiger partial charge in [0.05, 0.1) is 5.56 Å². The fourth-order valence-electron chi connectivity index (χ4n) is 1.52. The molecule has 1 heterocycles. The molecule has 2 rings (SSSR count). The van der Waals surface area contributed by atoms with Gasteiger partial charge < -0.3 is 0 Å². The Kier molecular flexibility index (Phi) is 1.70. The van der Waals surface area contributed by atoms with Gasteiger partial charge >= 0.3 is 0 Å². The first-order chi connectivity index (χ1) is 6.63. The topological polar surface area (TPSA) is 61.2 Å². The zero-order chi connectivity index (χ0) is 10.3. The summed E-state index contributed by atoms with van der Waals surface area (Å²) >= 11 is 0. The summed E-state index contributed by atoms with van der Waals surface area (Å²) in [6, 6.07) is 6.74. The molecule has 1 aromatic carbocycles. The van der Waals surface area contributed by atoms with E-state index in [1.807, 2.05) is 0 Å². The van der Waals surface area contributed by atoms with Crippen LogP contribution in [-0.2, 0) is 4.79 Å². The van der Waals surface area contributed by atoms with Crippen molar-refractivity contribution < 1.29 is 9.59 Å². The number of fused-ring (bicyclic) bond motifs is 1. The number of carbonyl (C=O) groups is 2. The van der Waals surface area contributed by atoms with Gasteiger partial charge in [-0.15, -0.1) is 0 Å². The summed E-state index contributed by atoms with van der Waals surface area (Å²) in [6.45, 7) is 1.28. The number of benzene rings is 1. The molecule has 1 N–H and O–H groups in total. The molecule has 4 nitrogen and oxygen atoms in total. The van der Waals surface area contributed by atoms with Gasteiger partial charge in [-0.3, -0.25) is 15.0 Å². The molecule has 0 radical (unpaired) electrons. The number of amidine groups is 1. The number of rotatable bonds is 0. The molecule has 0 spiro atoms. The second-order valence-corrected chi connectivity index (χ2v) is 3.05. The Morgan fingerprint density at radius 2 is 1.86 bits per heavy atom. The van der Waals surface area contributed by atoms with Gasteiger partial charge in [0.1, 0.15) is 5.84 Å². The molecule has 0 saturated heterocycles. The van der Waals surface area contributed by atoms with E-state index < -0.39 is 11.8 Å².